The monoisotopic (exact) mass is 356 g/mol. The highest BCUT2D eigenvalue weighted by Gasteiger charge is 2.32. The Morgan fingerprint density at radius 1 is 0.920 bits per heavy atom. The van der Waals surface area contributed by atoms with Crippen molar-refractivity contribution in [3.05, 3.63) is 77.9 Å². The lowest BCUT2D eigenvalue weighted by molar-refractivity contribution is 0.185. The lowest BCUT2D eigenvalue weighted by atomic mass is 10.2. The normalized spacial score (nSPS) is 15.3. The third-order valence-electron chi connectivity index (χ3n) is 4.07. The van der Waals surface area contributed by atoms with Crippen molar-refractivity contribution in [1.29, 1.82) is 0 Å². The first kappa shape index (κ1) is 17.2. The standard InChI is InChI=1S/C19H20N2O3S/c1-16-9-11-18(12-10-16)25(23,24)21-14-6-5-13-20(19(21)22)15-17-7-3-2-4-8-17/h2-12H,13-15H2,1H3. The Bertz CT molecular complexity index is 875. The molecule has 0 saturated carbocycles. The quantitative estimate of drug-likeness (QED) is 0.791. The third-order valence-corrected chi connectivity index (χ3v) is 5.83. The van der Waals surface area contributed by atoms with Gasteiger partial charge in [0.1, 0.15) is 0 Å². The van der Waals surface area contributed by atoms with E-state index in [-0.39, 0.29) is 11.4 Å². The number of benzene rings is 2. The minimum absolute atomic E-state index is 0.0420. The minimum Gasteiger partial charge on any atom is -0.316 e. The molecular formula is C19H20N2O3S. The van der Waals surface area contributed by atoms with Crippen molar-refractivity contribution in [2.45, 2.75) is 18.4 Å². The fraction of sp³-hybridized carbons (Fsp3) is 0.211. The number of carbonyl (C=O) groups excluding carboxylic acids is 1. The first-order valence-corrected chi connectivity index (χ1v) is 9.50. The molecule has 2 aromatic rings. The van der Waals surface area contributed by atoms with Crippen LogP contribution in [-0.2, 0) is 16.6 Å². The van der Waals surface area contributed by atoms with E-state index < -0.39 is 16.1 Å². The molecule has 130 valence electrons. The Morgan fingerprint density at radius 3 is 2.24 bits per heavy atom. The summed E-state index contributed by atoms with van der Waals surface area (Å²) in [6.45, 7) is 2.68. The van der Waals surface area contributed by atoms with E-state index in [0.29, 0.717) is 13.1 Å². The van der Waals surface area contributed by atoms with Crippen LogP contribution in [0, 0.1) is 6.92 Å². The van der Waals surface area contributed by atoms with Gasteiger partial charge in [0.05, 0.1) is 11.4 Å². The molecule has 6 heteroatoms. The number of amides is 2. The van der Waals surface area contributed by atoms with Crippen LogP contribution in [0.15, 0.2) is 71.6 Å². The minimum atomic E-state index is -3.89. The molecule has 0 atom stereocenters. The van der Waals surface area contributed by atoms with Gasteiger partial charge in [0, 0.05) is 13.1 Å². The van der Waals surface area contributed by atoms with Crippen molar-refractivity contribution in [1.82, 2.24) is 9.21 Å². The fourth-order valence-corrected chi connectivity index (χ4v) is 4.00. The Morgan fingerprint density at radius 2 is 1.56 bits per heavy atom. The Hall–Kier alpha value is -2.60. The van der Waals surface area contributed by atoms with Gasteiger partial charge in [0.25, 0.3) is 10.0 Å². The van der Waals surface area contributed by atoms with E-state index in [0.717, 1.165) is 15.4 Å². The highest BCUT2D eigenvalue weighted by molar-refractivity contribution is 7.89. The molecule has 0 radical (unpaired) electrons. The molecule has 2 aromatic carbocycles. The molecule has 1 aliphatic heterocycles. The molecule has 0 spiro atoms. The van der Waals surface area contributed by atoms with Gasteiger partial charge in [-0.3, -0.25) is 0 Å². The zero-order valence-electron chi connectivity index (χ0n) is 14.0. The molecule has 0 aliphatic carbocycles. The number of nitrogens with zero attached hydrogens (tertiary/aromatic N) is 2. The average Bonchev–Trinajstić information content (AvgIpc) is 2.79. The summed E-state index contributed by atoms with van der Waals surface area (Å²) < 4.78 is 26.7. The molecule has 5 nitrogen and oxygen atoms in total. The molecule has 2 amide bonds. The zero-order chi connectivity index (χ0) is 17.9. The van der Waals surface area contributed by atoms with Gasteiger partial charge in [-0.15, -0.1) is 0 Å². The second-order valence-electron chi connectivity index (χ2n) is 5.97. The predicted octanol–water partition coefficient (Wildman–Crippen LogP) is 3.18. The third kappa shape index (κ3) is 3.74. The van der Waals surface area contributed by atoms with Crippen LogP contribution in [0.1, 0.15) is 11.1 Å². The van der Waals surface area contributed by atoms with Gasteiger partial charge < -0.3 is 4.90 Å². The smallest absolute Gasteiger partial charge is 0.316 e. The van der Waals surface area contributed by atoms with Crippen molar-refractivity contribution in [2.75, 3.05) is 13.1 Å². The molecule has 1 aliphatic rings. The second kappa shape index (κ2) is 7.11. The zero-order valence-corrected chi connectivity index (χ0v) is 14.8. The van der Waals surface area contributed by atoms with Crippen molar-refractivity contribution >= 4 is 16.1 Å². The van der Waals surface area contributed by atoms with Gasteiger partial charge in [-0.05, 0) is 24.6 Å². The molecule has 0 saturated heterocycles. The van der Waals surface area contributed by atoms with Crippen LogP contribution in [0.5, 0.6) is 0 Å². The fourth-order valence-electron chi connectivity index (χ4n) is 2.66. The molecule has 0 unspecified atom stereocenters. The molecule has 0 fully saturated rings. The first-order valence-electron chi connectivity index (χ1n) is 8.06. The van der Waals surface area contributed by atoms with Gasteiger partial charge in [0.15, 0.2) is 0 Å². The van der Waals surface area contributed by atoms with Crippen molar-refractivity contribution in [3.8, 4) is 0 Å². The average molecular weight is 356 g/mol. The van der Waals surface area contributed by atoms with Gasteiger partial charge >= 0.3 is 6.03 Å². The number of aryl methyl sites for hydroxylation is 1. The summed E-state index contributed by atoms with van der Waals surface area (Å²) in [5.74, 6) is 0. The summed E-state index contributed by atoms with van der Waals surface area (Å²) in [6.07, 6.45) is 3.54. The van der Waals surface area contributed by atoms with Gasteiger partial charge in [-0.25, -0.2) is 17.5 Å². The number of urea groups is 1. The molecule has 1 heterocycles. The van der Waals surface area contributed by atoms with Crippen molar-refractivity contribution < 1.29 is 13.2 Å². The van der Waals surface area contributed by atoms with E-state index >= 15 is 0 Å². The summed E-state index contributed by atoms with van der Waals surface area (Å²) in [6, 6.07) is 15.6. The number of sulfonamides is 1. The van der Waals surface area contributed by atoms with Crippen molar-refractivity contribution in [3.63, 3.8) is 0 Å². The number of hydrogen-bond donors (Lipinski definition) is 0. The van der Waals surface area contributed by atoms with Crippen LogP contribution < -0.4 is 0 Å². The van der Waals surface area contributed by atoms with Crippen LogP contribution in [0.25, 0.3) is 0 Å². The lowest BCUT2D eigenvalue weighted by Crippen LogP contribution is -2.44. The largest absolute Gasteiger partial charge is 0.334 e. The van der Waals surface area contributed by atoms with E-state index in [2.05, 4.69) is 0 Å². The van der Waals surface area contributed by atoms with Gasteiger partial charge in [0.2, 0.25) is 0 Å². The molecule has 0 aromatic heterocycles. The molecule has 25 heavy (non-hydrogen) atoms. The predicted molar refractivity (Wildman–Crippen MR) is 96.5 cm³/mol. The van der Waals surface area contributed by atoms with Crippen LogP contribution >= 0.6 is 0 Å². The topological polar surface area (TPSA) is 57.7 Å². The summed E-state index contributed by atoms with van der Waals surface area (Å²) in [4.78, 5) is 14.5. The summed E-state index contributed by atoms with van der Waals surface area (Å²) in [5, 5.41) is 0. The highest BCUT2D eigenvalue weighted by atomic mass is 32.2. The Balaban J connectivity index is 1.88. The summed E-state index contributed by atoms with van der Waals surface area (Å²) in [5.41, 5.74) is 1.92. The lowest BCUT2D eigenvalue weighted by Gasteiger charge is -2.27. The van der Waals surface area contributed by atoms with Crippen LogP contribution in [0.2, 0.25) is 0 Å². The van der Waals surface area contributed by atoms with Crippen molar-refractivity contribution in [2.24, 2.45) is 0 Å². The summed E-state index contributed by atoms with van der Waals surface area (Å²) >= 11 is 0. The van der Waals surface area contributed by atoms with E-state index in [1.54, 1.807) is 18.2 Å². The number of carbonyl (C=O) groups is 1. The Kier molecular flexibility index (Phi) is 4.90. The molecule has 0 bridgehead atoms. The Labute approximate surface area is 148 Å². The van der Waals surface area contributed by atoms with E-state index in [1.807, 2.05) is 43.3 Å². The van der Waals surface area contributed by atoms with E-state index in [9.17, 15) is 13.2 Å². The maximum absolute atomic E-state index is 12.9. The molecule has 0 N–H and O–H groups in total. The summed E-state index contributed by atoms with van der Waals surface area (Å²) in [7, 11) is -3.89. The first-order chi connectivity index (χ1) is 12.0. The van der Waals surface area contributed by atoms with Crippen LogP contribution in [0.4, 0.5) is 4.79 Å². The van der Waals surface area contributed by atoms with E-state index in [1.165, 1.54) is 17.0 Å². The maximum atomic E-state index is 12.9. The number of rotatable bonds is 4. The second-order valence-corrected chi connectivity index (χ2v) is 7.83. The SMILES string of the molecule is Cc1ccc(S(=O)(=O)N2CC=CCN(Cc3ccccc3)C2=O)cc1. The van der Waals surface area contributed by atoms with Crippen LogP contribution in [0.3, 0.4) is 0 Å². The van der Waals surface area contributed by atoms with Gasteiger partial charge in [-0.2, -0.15) is 0 Å². The van der Waals surface area contributed by atoms with E-state index in [4.69, 9.17) is 0 Å². The maximum Gasteiger partial charge on any atom is 0.334 e. The molecular weight excluding hydrogens is 336 g/mol. The van der Waals surface area contributed by atoms with Crippen LogP contribution in [-0.4, -0.2) is 36.7 Å². The van der Waals surface area contributed by atoms with Gasteiger partial charge in [-0.1, -0.05) is 60.2 Å². The molecule has 3 rings (SSSR count). The highest BCUT2D eigenvalue weighted by Crippen LogP contribution is 2.20. The number of hydrogen-bond acceptors (Lipinski definition) is 3.